The maximum Gasteiger partial charge on any atom is 0.414 e. The van der Waals surface area contributed by atoms with Gasteiger partial charge in [0.15, 0.2) is 6.04 Å². The van der Waals surface area contributed by atoms with E-state index in [0.717, 1.165) is 42.3 Å². The van der Waals surface area contributed by atoms with Crippen LogP contribution in [0.15, 0.2) is 30.6 Å². The summed E-state index contributed by atoms with van der Waals surface area (Å²) in [5, 5.41) is 2.76. The lowest BCUT2D eigenvalue weighted by atomic mass is 10.1. The van der Waals surface area contributed by atoms with E-state index in [-0.39, 0.29) is 10.6 Å². The summed E-state index contributed by atoms with van der Waals surface area (Å²) >= 11 is 1.12. The van der Waals surface area contributed by atoms with Crippen molar-refractivity contribution in [1.82, 2.24) is 20.2 Å². The number of thiazole rings is 1. The van der Waals surface area contributed by atoms with Gasteiger partial charge in [0.1, 0.15) is 9.88 Å². The smallest absolute Gasteiger partial charge is 0.335 e. The molecule has 0 spiro atoms. The van der Waals surface area contributed by atoms with Crippen LogP contribution in [-0.2, 0) is 6.54 Å². The van der Waals surface area contributed by atoms with Gasteiger partial charge in [0.25, 0.3) is 5.91 Å². The molecular formula is C16H17F3N4OS. The summed E-state index contributed by atoms with van der Waals surface area (Å²) in [6.07, 6.45) is 0.234. The van der Waals surface area contributed by atoms with Crippen LogP contribution < -0.4 is 5.32 Å². The van der Waals surface area contributed by atoms with Crippen molar-refractivity contribution in [3.8, 4) is 0 Å². The molecule has 3 heterocycles. The van der Waals surface area contributed by atoms with Crippen LogP contribution in [-0.4, -0.2) is 40.0 Å². The first-order valence-corrected chi connectivity index (χ1v) is 8.71. The van der Waals surface area contributed by atoms with Crippen LogP contribution in [0.2, 0.25) is 0 Å². The number of likely N-dealkylation sites (tertiary alicyclic amines) is 1. The third-order valence-electron chi connectivity index (χ3n) is 3.92. The molecule has 1 atom stereocenters. The number of halogens is 3. The van der Waals surface area contributed by atoms with E-state index < -0.39 is 18.1 Å². The third-order valence-corrected chi connectivity index (χ3v) is 4.90. The monoisotopic (exact) mass is 370 g/mol. The number of hydrogen-bond donors (Lipinski definition) is 1. The molecule has 0 aliphatic carbocycles. The normalized spacial score (nSPS) is 16.8. The number of nitrogens with zero attached hydrogens (tertiary/aromatic N) is 3. The Balaban J connectivity index is 1.70. The Morgan fingerprint density at radius 2 is 2.04 bits per heavy atom. The maximum absolute atomic E-state index is 13.3. The minimum absolute atomic E-state index is 0.166. The first kappa shape index (κ1) is 17.8. The lowest BCUT2D eigenvalue weighted by molar-refractivity contribution is -0.156. The topological polar surface area (TPSA) is 58.1 Å². The number of nitrogens with one attached hydrogen (secondary N) is 1. The summed E-state index contributed by atoms with van der Waals surface area (Å²) in [5.41, 5.74) is -0.245. The fraction of sp³-hybridized carbons (Fsp3) is 0.438. The molecule has 1 aliphatic heterocycles. The van der Waals surface area contributed by atoms with Crippen molar-refractivity contribution in [1.29, 1.82) is 0 Å². The van der Waals surface area contributed by atoms with Crippen molar-refractivity contribution in [2.45, 2.75) is 31.6 Å². The molecule has 9 heteroatoms. The van der Waals surface area contributed by atoms with Gasteiger partial charge in [-0.15, -0.1) is 11.3 Å². The van der Waals surface area contributed by atoms with Gasteiger partial charge in [-0.1, -0.05) is 6.07 Å². The Labute approximate surface area is 146 Å². The number of amides is 1. The summed E-state index contributed by atoms with van der Waals surface area (Å²) in [4.78, 5) is 22.5. The van der Waals surface area contributed by atoms with Crippen LogP contribution in [0.1, 0.15) is 39.3 Å². The van der Waals surface area contributed by atoms with Crippen molar-refractivity contribution < 1.29 is 18.0 Å². The van der Waals surface area contributed by atoms with Gasteiger partial charge in [0.2, 0.25) is 0 Å². The zero-order valence-electron chi connectivity index (χ0n) is 13.3. The molecule has 1 aliphatic rings. The Morgan fingerprint density at radius 3 is 2.68 bits per heavy atom. The highest BCUT2D eigenvalue weighted by molar-refractivity contribution is 7.13. The van der Waals surface area contributed by atoms with Gasteiger partial charge in [0, 0.05) is 6.20 Å². The molecule has 134 valence electrons. The van der Waals surface area contributed by atoms with Crippen molar-refractivity contribution in [3.63, 3.8) is 0 Å². The molecule has 0 unspecified atom stereocenters. The molecule has 1 saturated heterocycles. The van der Waals surface area contributed by atoms with Crippen molar-refractivity contribution in [2.24, 2.45) is 0 Å². The second-order valence-corrected chi connectivity index (χ2v) is 6.92. The molecule has 1 amide bonds. The molecular weight excluding hydrogens is 353 g/mol. The molecule has 5 nitrogen and oxygen atoms in total. The first-order valence-electron chi connectivity index (χ1n) is 7.89. The van der Waals surface area contributed by atoms with Crippen molar-refractivity contribution >= 4 is 17.2 Å². The fourth-order valence-electron chi connectivity index (χ4n) is 2.69. The first-order chi connectivity index (χ1) is 11.9. The molecule has 1 N–H and O–H groups in total. The molecule has 2 aromatic rings. The van der Waals surface area contributed by atoms with E-state index in [1.54, 1.807) is 0 Å². The van der Waals surface area contributed by atoms with Gasteiger partial charge >= 0.3 is 6.18 Å². The van der Waals surface area contributed by atoms with Crippen LogP contribution in [0.5, 0.6) is 0 Å². The van der Waals surface area contributed by atoms with Crippen LogP contribution >= 0.6 is 11.3 Å². The average Bonchev–Trinajstić information content (AvgIpc) is 3.24. The van der Waals surface area contributed by atoms with Gasteiger partial charge in [0.05, 0.1) is 18.4 Å². The quantitative estimate of drug-likeness (QED) is 0.878. The molecule has 0 radical (unpaired) electrons. The zero-order valence-corrected chi connectivity index (χ0v) is 14.1. The Hall–Kier alpha value is -2.00. The van der Waals surface area contributed by atoms with Crippen molar-refractivity contribution in [3.05, 3.63) is 46.2 Å². The lowest BCUT2D eigenvalue weighted by Crippen LogP contribution is -2.38. The second-order valence-electron chi connectivity index (χ2n) is 5.80. The predicted molar refractivity (Wildman–Crippen MR) is 87.1 cm³/mol. The van der Waals surface area contributed by atoms with Crippen LogP contribution in [0.3, 0.4) is 0 Å². The van der Waals surface area contributed by atoms with Crippen LogP contribution in [0.4, 0.5) is 13.2 Å². The van der Waals surface area contributed by atoms with Crippen LogP contribution in [0.25, 0.3) is 0 Å². The van der Waals surface area contributed by atoms with E-state index in [0.29, 0.717) is 6.54 Å². The number of alkyl halides is 3. The van der Waals surface area contributed by atoms with Gasteiger partial charge in [-0.3, -0.25) is 14.7 Å². The van der Waals surface area contributed by atoms with Gasteiger partial charge in [-0.25, -0.2) is 4.98 Å². The minimum Gasteiger partial charge on any atom is -0.335 e. The summed E-state index contributed by atoms with van der Waals surface area (Å²) in [7, 11) is 0. The zero-order chi connectivity index (χ0) is 17.9. The van der Waals surface area contributed by atoms with Crippen LogP contribution in [0, 0.1) is 0 Å². The summed E-state index contributed by atoms with van der Waals surface area (Å²) in [6.45, 7) is 2.59. The highest BCUT2D eigenvalue weighted by Crippen LogP contribution is 2.32. The van der Waals surface area contributed by atoms with E-state index in [4.69, 9.17) is 0 Å². The number of carbonyl (C=O) groups is 1. The SMILES string of the molecule is O=C(N[C@H](c1ccccn1)C(F)(F)F)c1cnc(CN2CCCC2)s1. The van der Waals surface area contributed by atoms with E-state index in [9.17, 15) is 18.0 Å². The molecule has 0 aromatic carbocycles. The number of hydrogen-bond acceptors (Lipinski definition) is 5. The molecule has 0 bridgehead atoms. The van der Waals surface area contributed by atoms with Gasteiger partial charge in [-0.05, 0) is 38.1 Å². The van der Waals surface area contributed by atoms with Gasteiger partial charge < -0.3 is 5.32 Å². The Morgan fingerprint density at radius 1 is 1.28 bits per heavy atom. The number of rotatable bonds is 5. The summed E-state index contributed by atoms with van der Waals surface area (Å²) in [6, 6.07) is 2.07. The van der Waals surface area contributed by atoms with E-state index in [2.05, 4.69) is 14.9 Å². The lowest BCUT2D eigenvalue weighted by Gasteiger charge is -2.20. The fourth-order valence-corrected chi connectivity index (χ4v) is 3.56. The maximum atomic E-state index is 13.3. The molecule has 3 rings (SSSR count). The summed E-state index contributed by atoms with van der Waals surface area (Å²) < 4.78 is 39.9. The minimum atomic E-state index is -4.63. The Kier molecular flexibility index (Phi) is 5.33. The molecule has 0 saturated carbocycles. The second kappa shape index (κ2) is 7.49. The standard InChI is InChI=1S/C16H17F3N4OS/c17-16(18,19)14(11-5-1-2-6-20-11)22-15(24)12-9-21-13(25-12)10-23-7-3-4-8-23/h1-2,5-6,9,14H,3-4,7-8,10H2,(H,22,24)/t14-/m1/s1. The largest absolute Gasteiger partial charge is 0.414 e. The molecule has 25 heavy (non-hydrogen) atoms. The highest BCUT2D eigenvalue weighted by atomic mass is 32.1. The molecule has 2 aromatic heterocycles. The highest BCUT2D eigenvalue weighted by Gasteiger charge is 2.43. The van der Waals surface area contributed by atoms with E-state index in [1.807, 2.05) is 5.32 Å². The molecule has 1 fully saturated rings. The van der Waals surface area contributed by atoms with Gasteiger partial charge in [-0.2, -0.15) is 13.2 Å². The summed E-state index contributed by atoms with van der Waals surface area (Å²) in [5.74, 6) is -0.793. The number of carbonyl (C=O) groups excluding carboxylic acids is 1. The number of aromatic nitrogens is 2. The number of pyridine rings is 1. The predicted octanol–water partition coefficient (Wildman–Crippen LogP) is 3.17. The third kappa shape index (κ3) is 4.55. The van der Waals surface area contributed by atoms with E-state index >= 15 is 0 Å². The van der Waals surface area contributed by atoms with Crippen molar-refractivity contribution in [2.75, 3.05) is 13.1 Å². The Bertz CT molecular complexity index is 714. The average molecular weight is 370 g/mol. The van der Waals surface area contributed by atoms with E-state index in [1.165, 1.54) is 30.6 Å².